The van der Waals surface area contributed by atoms with Gasteiger partial charge in [-0.25, -0.2) is 0 Å². The zero-order chi connectivity index (χ0) is 14.3. The summed E-state index contributed by atoms with van der Waals surface area (Å²) in [6.45, 7) is 0.427. The van der Waals surface area contributed by atoms with Gasteiger partial charge in [-0.05, 0) is 31.4 Å². The van der Waals surface area contributed by atoms with Gasteiger partial charge < -0.3 is 9.84 Å². The lowest BCUT2D eigenvalue weighted by molar-refractivity contribution is -0.137. The molecule has 0 unspecified atom stereocenters. The zero-order valence-corrected chi connectivity index (χ0v) is 11.7. The molecule has 0 saturated heterocycles. The predicted molar refractivity (Wildman–Crippen MR) is 73.4 cm³/mol. The third kappa shape index (κ3) is 5.09. The third-order valence-electron chi connectivity index (χ3n) is 2.50. The first-order valence-corrected chi connectivity index (χ1v) is 6.59. The van der Waals surface area contributed by atoms with Crippen molar-refractivity contribution in [2.75, 3.05) is 6.61 Å². The Morgan fingerprint density at radius 1 is 1.21 bits per heavy atom. The topological polar surface area (TPSA) is 63.6 Å². The number of aliphatic carboxylic acids is 1. The Balaban J connectivity index is 2.40. The Labute approximate surface area is 121 Å². The Kier molecular flexibility index (Phi) is 6.67. The number of benzene rings is 1. The molecule has 1 aromatic rings. The van der Waals surface area contributed by atoms with Gasteiger partial charge >= 0.3 is 5.97 Å². The number of carbonyl (C=O) groups excluding carboxylic acids is 1. The van der Waals surface area contributed by atoms with Crippen LogP contribution in [-0.2, 0) is 4.79 Å². The SMILES string of the molecule is O=Cc1ccc(OCCCCCC(=O)O)c(Cl)c1Cl. The molecule has 1 rings (SSSR count). The van der Waals surface area contributed by atoms with Gasteiger partial charge in [0.2, 0.25) is 0 Å². The first kappa shape index (κ1) is 15.8. The van der Waals surface area contributed by atoms with Crippen LogP contribution in [0.25, 0.3) is 0 Å². The van der Waals surface area contributed by atoms with Gasteiger partial charge in [0.05, 0.1) is 11.6 Å². The molecule has 0 aliphatic heterocycles. The van der Waals surface area contributed by atoms with Crippen molar-refractivity contribution in [3.63, 3.8) is 0 Å². The number of carboxylic acids is 1. The minimum Gasteiger partial charge on any atom is -0.492 e. The number of hydrogen-bond acceptors (Lipinski definition) is 3. The van der Waals surface area contributed by atoms with Gasteiger partial charge in [-0.15, -0.1) is 0 Å². The number of rotatable bonds is 8. The van der Waals surface area contributed by atoms with Crippen LogP contribution >= 0.6 is 23.2 Å². The van der Waals surface area contributed by atoms with E-state index >= 15 is 0 Å². The Morgan fingerprint density at radius 3 is 2.58 bits per heavy atom. The maximum atomic E-state index is 10.6. The molecule has 104 valence electrons. The van der Waals surface area contributed by atoms with E-state index in [0.717, 1.165) is 12.8 Å². The summed E-state index contributed by atoms with van der Waals surface area (Å²) in [6.07, 6.45) is 2.92. The largest absolute Gasteiger partial charge is 0.492 e. The van der Waals surface area contributed by atoms with E-state index in [1.54, 1.807) is 12.1 Å². The molecule has 0 bridgehead atoms. The molecule has 0 saturated carbocycles. The summed E-state index contributed by atoms with van der Waals surface area (Å²) in [5.74, 6) is -0.365. The number of halogens is 2. The second-order valence-corrected chi connectivity index (χ2v) is 4.71. The monoisotopic (exact) mass is 304 g/mol. The Bertz CT molecular complexity index is 460. The van der Waals surface area contributed by atoms with Gasteiger partial charge in [0.1, 0.15) is 10.8 Å². The molecule has 0 aromatic heterocycles. The van der Waals surface area contributed by atoms with Crippen molar-refractivity contribution in [2.24, 2.45) is 0 Å². The van der Waals surface area contributed by atoms with Crippen molar-refractivity contribution in [1.29, 1.82) is 0 Å². The zero-order valence-electron chi connectivity index (χ0n) is 10.2. The first-order valence-electron chi connectivity index (χ1n) is 5.84. The maximum Gasteiger partial charge on any atom is 0.303 e. The summed E-state index contributed by atoms with van der Waals surface area (Å²) < 4.78 is 5.44. The summed E-state index contributed by atoms with van der Waals surface area (Å²) in [5, 5.41) is 8.87. The van der Waals surface area contributed by atoms with Gasteiger partial charge in [0, 0.05) is 12.0 Å². The van der Waals surface area contributed by atoms with Crippen molar-refractivity contribution in [3.05, 3.63) is 27.7 Å². The normalized spacial score (nSPS) is 10.2. The highest BCUT2D eigenvalue weighted by atomic mass is 35.5. The summed E-state index contributed by atoms with van der Waals surface area (Å²) in [6, 6.07) is 3.14. The Hall–Kier alpha value is -1.26. The lowest BCUT2D eigenvalue weighted by Gasteiger charge is -2.09. The van der Waals surface area contributed by atoms with E-state index in [0.29, 0.717) is 30.6 Å². The second kappa shape index (κ2) is 8.02. The average molecular weight is 305 g/mol. The van der Waals surface area contributed by atoms with Crippen LogP contribution < -0.4 is 4.74 Å². The van der Waals surface area contributed by atoms with Crippen molar-refractivity contribution >= 4 is 35.5 Å². The van der Waals surface area contributed by atoms with Crippen LogP contribution in [-0.4, -0.2) is 24.0 Å². The minimum absolute atomic E-state index is 0.167. The lowest BCUT2D eigenvalue weighted by Crippen LogP contribution is -2.00. The maximum absolute atomic E-state index is 10.6. The highest BCUT2D eigenvalue weighted by molar-refractivity contribution is 6.44. The van der Waals surface area contributed by atoms with Gasteiger partial charge in [-0.2, -0.15) is 0 Å². The predicted octanol–water partition coefficient (Wildman–Crippen LogP) is 3.83. The number of carbonyl (C=O) groups is 2. The van der Waals surface area contributed by atoms with E-state index in [1.807, 2.05) is 0 Å². The summed E-state index contributed by atoms with van der Waals surface area (Å²) in [4.78, 5) is 21.0. The summed E-state index contributed by atoms with van der Waals surface area (Å²) in [7, 11) is 0. The first-order chi connectivity index (χ1) is 9.06. The fraction of sp³-hybridized carbons (Fsp3) is 0.385. The molecule has 1 aromatic carbocycles. The molecular weight excluding hydrogens is 291 g/mol. The fourth-order valence-corrected chi connectivity index (χ4v) is 1.91. The molecule has 4 nitrogen and oxygen atoms in total. The molecule has 0 aliphatic rings. The molecule has 0 heterocycles. The molecule has 0 spiro atoms. The van der Waals surface area contributed by atoms with Crippen molar-refractivity contribution in [1.82, 2.24) is 0 Å². The number of hydrogen-bond donors (Lipinski definition) is 1. The summed E-state index contributed by atoms with van der Waals surface area (Å²) in [5.41, 5.74) is 0.320. The van der Waals surface area contributed by atoms with E-state index in [9.17, 15) is 9.59 Å². The van der Waals surface area contributed by atoms with Crippen LogP contribution in [0.4, 0.5) is 0 Å². The van der Waals surface area contributed by atoms with Gasteiger partial charge in [-0.1, -0.05) is 23.2 Å². The third-order valence-corrected chi connectivity index (χ3v) is 3.38. The van der Waals surface area contributed by atoms with Crippen molar-refractivity contribution < 1.29 is 19.4 Å². The van der Waals surface area contributed by atoms with Crippen LogP contribution in [0.3, 0.4) is 0 Å². The highest BCUT2D eigenvalue weighted by Gasteiger charge is 2.10. The van der Waals surface area contributed by atoms with Crippen molar-refractivity contribution in [3.8, 4) is 5.75 Å². The number of aldehydes is 1. The van der Waals surface area contributed by atoms with Crippen molar-refractivity contribution in [2.45, 2.75) is 25.7 Å². The van der Waals surface area contributed by atoms with Crippen LogP contribution in [0.15, 0.2) is 12.1 Å². The van der Waals surface area contributed by atoms with E-state index in [4.69, 9.17) is 33.0 Å². The molecule has 0 amide bonds. The van der Waals surface area contributed by atoms with E-state index in [2.05, 4.69) is 0 Å². The van der Waals surface area contributed by atoms with Gasteiger partial charge in [0.25, 0.3) is 0 Å². The Morgan fingerprint density at radius 2 is 1.95 bits per heavy atom. The van der Waals surface area contributed by atoms with Crippen LogP contribution in [0.5, 0.6) is 5.75 Å². The van der Waals surface area contributed by atoms with E-state index in [1.165, 1.54) is 0 Å². The summed E-state index contributed by atoms with van der Waals surface area (Å²) >= 11 is 11.9. The van der Waals surface area contributed by atoms with Gasteiger partial charge in [-0.3, -0.25) is 9.59 Å². The lowest BCUT2D eigenvalue weighted by atomic mass is 10.2. The smallest absolute Gasteiger partial charge is 0.303 e. The number of carboxylic acid groups (broad SMARTS) is 1. The fourth-order valence-electron chi connectivity index (χ4n) is 1.49. The van der Waals surface area contributed by atoms with Crippen LogP contribution in [0, 0.1) is 0 Å². The molecule has 0 atom stereocenters. The standard InChI is InChI=1S/C13H14Cl2O4/c14-12-9(8-16)5-6-10(13(12)15)19-7-3-1-2-4-11(17)18/h5-6,8H,1-4,7H2,(H,17,18). The number of unbranched alkanes of at least 4 members (excludes halogenated alkanes) is 2. The van der Waals surface area contributed by atoms with Crippen LogP contribution in [0.2, 0.25) is 10.0 Å². The molecule has 0 radical (unpaired) electrons. The molecular formula is C13H14Cl2O4. The van der Waals surface area contributed by atoms with E-state index < -0.39 is 5.97 Å². The van der Waals surface area contributed by atoms with E-state index in [-0.39, 0.29) is 16.5 Å². The minimum atomic E-state index is -0.791. The molecule has 0 aliphatic carbocycles. The number of ether oxygens (including phenoxy) is 1. The van der Waals surface area contributed by atoms with Gasteiger partial charge in [0.15, 0.2) is 6.29 Å². The molecule has 0 fully saturated rings. The molecule has 19 heavy (non-hydrogen) atoms. The average Bonchev–Trinajstić information content (AvgIpc) is 2.38. The molecule has 6 heteroatoms. The van der Waals surface area contributed by atoms with Crippen LogP contribution in [0.1, 0.15) is 36.0 Å². The quantitative estimate of drug-likeness (QED) is 0.585. The highest BCUT2D eigenvalue weighted by Crippen LogP contribution is 2.34. The molecule has 1 N–H and O–H groups in total. The second-order valence-electron chi connectivity index (χ2n) is 3.95.